The van der Waals surface area contributed by atoms with Crippen LogP contribution in [0, 0.1) is 24.0 Å². The molecule has 1 atom stereocenters. The summed E-state index contributed by atoms with van der Waals surface area (Å²) in [5.74, 6) is 0.622. The molecule has 0 saturated heterocycles. The highest BCUT2D eigenvalue weighted by atomic mass is 16.9. The number of H-pyrrole nitrogens is 1. The second-order valence-electron chi connectivity index (χ2n) is 7.21. The number of nitrogens with one attached hydrogen (secondary N) is 3. The number of hydrogen-bond acceptors (Lipinski definition) is 7. The van der Waals surface area contributed by atoms with Crippen molar-refractivity contribution in [3.63, 3.8) is 0 Å². The van der Waals surface area contributed by atoms with Gasteiger partial charge in [-0.1, -0.05) is 0 Å². The van der Waals surface area contributed by atoms with Crippen molar-refractivity contribution < 1.29 is 24.6 Å². The number of carbonyl (C=O) groups excluding carboxylic acids is 1. The number of aromatic nitrogens is 1. The van der Waals surface area contributed by atoms with E-state index < -0.39 is 11.2 Å². The van der Waals surface area contributed by atoms with Gasteiger partial charge in [-0.25, -0.2) is 0 Å². The molecule has 4 N–H and O–H groups in total. The summed E-state index contributed by atoms with van der Waals surface area (Å²) >= 11 is 0. The smallest absolute Gasteiger partial charge is 0.294 e. The van der Waals surface area contributed by atoms with Gasteiger partial charge >= 0.3 is 0 Å². The van der Waals surface area contributed by atoms with Gasteiger partial charge in [-0.3, -0.25) is 4.79 Å². The minimum atomic E-state index is -0.839. The minimum Gasteiger partial charge on any atom is -0.490 e. The molecular formula is C20H30N4O6. The molecule has 166 valence electrons. The number of amides is 1. The van der Waals surface area contributed by atoms with Gasteiger partial charge in [-0.2, -0.15) is 0 Å². The number of hydrogen-bond donors (Lipinski definition) is 4. The van der Waals surface area contributed by atoms with Gasteiger partial charge < -0.3 is 30.3 Å². The molecule has 10 heteroatoms. The van der Waals surface area contributed by atoms with Gasteiger partial charge in [0.05, 0.1) is 6.61 Å². The summed E-state index contributed by atoms with van der Waals surface area (Å²) < 4.78 is 5.82. The number of aliphatic hydroxyl groups is 1. The number of rotatable bonds is 14. The number of carbonyl (C=O) groups is 1. The van der Waals surface area contributed by atoms with E-state index in [-0.39, 0.29) is 19.1 Å². The maximum atomic E-state index is 11.6. The highest BCUT2D eigenvalue weighted by Gasteiger charge is 2.10. The highest BCUT2D eigenvalue weighted by Crippen LogP contribution is 2.28. The third-order valence-electron chi connectivity index (χ3n) is 4.41. The predicted octanol–water partition coefficient (Wildman–Crippen LogP) is 1.61. The van der Waals surface area contributed by atoms with Gasteiger partial charge in [0.1, 0.15) is 18.5 Å². The van der Waals surface area contributed by atoms with Gasteiger partial charge in [0, 0.05) is 42.7 Å². The Hall–Kier alpha value is -2.85. The number of aryl methyl sites for hydroxylation is 2. The van der Waals surface area contributed by atoms with E-state index in [0.29, 0.717) is 38.9 Å². The van der Waals surface area contributed by atoms with Crippen molar-refractivity contribution in [1.82, 2.24) is 15.6 Å². The monoisotopic (exact) mass is 422 g/mol. The molecule has 1 aromatic heterocycles. The summed E-state index contributed by atoms with van der Waals surface area (Å²) in [5.41, 5.74) is 3.14. The largest absolute Gasteiger partial charge is 0.490 e. The van der Waals surface area contributed by atoms with Crippen LogP contribution in [-0.2, 0) is 9.63 Å². The molecule has 0 aliphatic carbocycles. The summed E-state index contributed by atoms with van der Waals surface area (Å²) in [6, 6.07) is 6.03. The van der Waals surface area contributed by atoms with Crippen molar-refractivity contribution >= 4 is 16.8 Å². The summed E-state index contributed by atoms with van der Waals surface area (Å²) in [4.78, 5) is 29.1. The van der Waals surface area contributed by atoms with Crippen molar-refractivity contribution in [3.05, 3.63) is 39.6 Å². The summed E-state index contributed by atoms with van der Waals surface area (Å²) in [6.07, 6.45) is 0.587. The summed E-state index contributed by atoms with van der Waals surface area (Å²) in [5, 5.41) is 26.1. The number of unbranched alkanes of at least 4 members (excludes halogenated alkanes) is 1. The first kappa shape index (κ1) is 23.4. The first-order valence-electron chi connectivity index (χ1n) is 10.0. The van der Waals surface area contributed by atoms with Gasteiger partial charge in [-0.15, -0.1) is 10.1 Å². The Morgan fingerprint density at radius 3 is 2.83 bits per heavy atom. The first-order chi connectivity index (χ1) is 14.3. The molecule has 0 spiro atoms. The molecule has 0 fully saturated rings. The van der Waals surface area contributed by atoms with E-state index in [1.54, 1.807) is 0 Å². The Kier molecular flexibility index (Phi) is 9.36. The van der Waals surface area contributed by atoms with Crippen molar-refractivity contribution in [3.8, 4) is 5.75 Å². The number of aromatic amines is 1. The van der Waals surface area contributed by atoms with E-state index in [4.69, 9.17) is 4.74 Å². The third-order valence-corrected chi connectivity index (χ3v) is 4.41. The molecule has 1 heterocycles. The van der Waals surface area contributed by atoms with Crippen molar-refractivity contribution in [2.24, 2.45) is 0 Å². The van der Waals surface area contributed by atoms with Gasteiger partial charge in [0.25, 0.3) is 5.09 Å². The second-order valence-corrected chi connectivity index (χ2v) is 7.21. The number of ether oxygens (including phenoxy) is 1. The Balaban J connectivity index is 1.57. The molecule has 0 aliphatic rings. The second kappa shape index (κ2) is 12.0. The fourth-order valence-electron chi connectivity index (χ4n) is 3.02. The molecule has 0 saturated carbocycles. The van der Waals surface area contributed by atoms with Crippen LogP contribution in [0.25, 0.3) is 10.9 Å². The average Bonchev–Trinajstić information content (AvgIpc) is 3.05. The topological polar surface area (TPSA) is 139 Å². The van der Waals surface area contributed by atoms with E-state index in [9.17, 15) is 20.0 Å². The molecule has 0 bridgehead atoms. The average molecular weight is 422 g/mol. The number of benzene rings is 1. The third kappa shape index (κ3) is 8.26. The molecule has 1 amide bonds. The Labute approximate surface area is 175 Å². The van der Waals surface area contributed by atoms with Crippen LogP contribution in [0.3, 0.4) is 0 Å². The Morgan fingerprint density at radius 1 is 1.27 bits per heavy atom. The Bertz CT molecular complexity index is 838. The molecular weight excluding hydrogens is 392 g/mol. The zero-order chi connectivity index (χ0) is 21.9. The quantitative estimate of drug-likeness (QED) is 0.206. The van der Waals surface area contributed by atoms with E-state index >= 15 is 0 Å². The first-order valence-corrected chi connectivity index (χ1v) is 10.0. The fraction of sp³-hybridized carbons (Fsp3) is 0.550. The van der Waals surface area contributed by atoms with Crippen molar-refractivity contribution in [2.75, 3.05) is 32.8 Å². The van der Waals surface area contributed by atoms with Gasteiger partial charge in [0.2, 0.25) is 5.91 Å². The van der Waals surface area contributed by atoms with Crippen LogP contribution in [-0.4, -0.2) is 60.0 Å². The van der Waals surface area contributed by atoms with Crippen LogP contribution in [0.2, 0.25) is 0 Å². The lowest BCUT2D eigenvalue weighted by molar-refractivity contribution is -0.757. The van der Waals surface area contributed by atoms with Crippen LogP contribution < -0.4 is 15.4 Å². The number of fused-ring (bicyclic) bond motifs is 1. The van der Waals surface area contributed by atoms with E-state index in [2.05, 4.69) is 26.5 Å². The van der Waals surface area contributed by atoms with Crippen LogP contribution >= 0.6 is 0 Å². The lowest BCUT2D eigenvalue weighted by Crippen LogP contribution is -2.37. The lowest BCUT2D eigenvalue weighted by Gasteiger charge is -2.14. The van der Waals surface area contributed by atoms with Crippen molar-refractivity contribution in [1.29, 1.82) is 0 Å². The van der Waals surface area contributed by atoms with Crippen LogP contribution in [0.4, 0.5) is 0 Å². The minimum absolute atomic E-state index is 0.000439. The van der Waals surface area contributed by atoms with E-state index in [1.165, 1.54) is 0 Å². The van der Waals surface area contributed by atoms with Gasteiger partial charge in [-0.05, 0) is 50.5 Å². The number of nitrogens with zero attached hydrogens (tertiary/aromatic N) is 1. The van der Waals surface area contributed by atoms with E-state index in [0.717, 1.165) is 27.9 Å². The molecule has 2 rings (SSSR count). The molecule has 30 heavy (non-hydrogen) atoms. The summed E-state index contributed by atoms with van der Waals surface area (Å²) in [6.45, 7) is 5.43. The predicted molar refractivity (Wildman–Crippen MR) is 112 cm³/mol. The molecule has 10 nitrogen and oxygen atoms in total. The lowest BCUT2D eigenvalue weighted by atomic mass is 10.1. The summed E-state index contributed by atoms with van der Waals surface area (Å²) in [7, 11) is 0. The maximum Gasteiger partial charge on any atom is 0.294 e. The molecule has 2 aromatic rings. The zero-order valence-electron chi connectivity index (χ0n) is 17.4. The molecule has 1 unspecified atom stereocenters. The normalized spacial score (nSPS) is 12.0. The Morgan fingerprint density at radius 2 is 2.07 bits per heavy atom. The molecule has 0 radical (unpaired) electrons. The van der Waals surface area contributed by atoms with Crippen molar-refractivity contribution in [2.45, 2.75) is 39.2 Å². The van der Waals surface area contributed by atoms with Crippen LogP contribution in [0.5, 0.6) is 5.75 Å². The van der Waals surface area contributed by atoms with E-state index in [1.807, 2.05) is 26.0 Å². The highest BCUT2D eigenvalue weighted by molar-refractivity contribution is 5.87. The van der Waals surface area contributed by atoms with Crippen LogP contribution in [0.15, 0.2) is 18.2 Å². The standard InChI is InChI=1S/C20H30N4O6/c1-14-9-18-17(11-15(2)23-18)19(10-14)29-13-16(25)12-21-6-7-22-20(26)5-3-4-8-30-24(27)28/h9-11,16,21,23,25H,3-8,12-13H2,1-2H3,(H,22,26). The van der Waals surface area contributed by atoms with Gasteiger partial charge in [0.15, 0.2) is 0 Å². The van der Waals surface area contributed by atoms with Crippen LogP contribution in [0.1, 0.15) is 30.5 Å². The zero-order valence-corrected chi connectivity index (χ0v) is 17.4. The maximum absolute atomic E-state index is 11.6. The molecule has 0 aliphatic heterocycles. The SMILES string of the molecule is Cc1cc(OCC(O)CNCCNC(=O)CCCCO[N+](=O)[O-])c2cc(C)[nH]c2c1. The fourth-order valence-corrected chi connectivity index (χ4v) is 3.02. The number of aliphatic hydroxyl groups excluding tert-OH is 1. The molecule has 1 aromatic carbocycles.